The van der Waals surface area contributed by atoms with Crippen molar-refractivity contribution in [1.82, 2.24) is 4.57 Å². The highest BCUT2D eigenvalue weighted by Crippen LogP contribution is 2.45. The average Bonchev–Trinajstić information content (AvgIpc) is 3.15. The van der Waals surface area contributed by atoms with E-state index in [0.29, 0.717) is 5.39 Å². The molecule has 9 aromatic rings. The number of aromatic nitrogens is 1. The summed E-state index contributed by atoms with van der Waals surface area (Å²) in [5, 5.41) is 7.64. The van der Waals surface area contributed by atoms with Gasteiger partial charge in [-0.05, 0) is 96.7 Å². The van der Waals surface area contributed by atoms with E-state index < -0.39 is 0 Å². The first kappa shape index (κ1) is 27.1. The zero-order valence-electron chi connectivity index (χ0n) is 25.6. The normalized spacial score (nSPS) is 11.5. The Hall–Kier alpha value is -6.25. The second-order valence-electron chi connectivity index (χ2n) is 12.0. The first-order chi connectivity index (χ1) is 23.3. The molecule has 8 aromatic carbocycles. The fraction of sp³-hybridized carbons (Fsp3) is 0. The molecule has 2 nitrogen and oxygen atoms in total. The molecule has 1 heterocycles. The summed E-state index contributed by atoms with van der Waals surface area (Å²) >= 11 is 0. The fourth-order valence-electron chi connectivity index (χ4n) is 7.28. The van der Waals surface area contributed by atoms with E-state index in [9.17, 15) is 4.79 Å². The van der Waals surface area contributed by atoms with E-state index in [-0.39, 0.29) is 5.56 Å². The van der Waals surface area contributed by atoms with Gasteiger partial charge in [-0.3, -0.25) is 9.36 Å². The van der Waals surface area contributed by atoms with Crippen LogP contribution in [0.15, 0.2) is 181 Å². The third-order valence-electron chi connectivity index (χ3n) is 9.38. The molecule has 0 aliphatic heterocycles. The van der Waals surface area contributed by atoms with Crippen molar-refractivity contribution < 1.29 is 0 Å². The predicted molar refractivity (Wildman–Crippen MR) is 198 cm³/mol. The molecule has 0 bridgehead atoms. The Morgan fingerprint density at radius 3 is 1.38 bits per heavy atom. The summed E-state index contributed by atoms with van der Waals surface area (Å²) in [5.74, 6) is 0. The number of pyridine rings is 1. The quantitative estimate of drug-likeness (QED) is 0.146. The van der Waals surface area contributed by atoms with Crippen molar-refractivity contribution in [3.8, 4) is 39.1 Å². The van der Waals surface area contributed by atoms with Crippen molar-refractivity contribution in [1.29, 1.82) is 0 Å². The number of fused-ring (bicyclic) bond motifs is 5. The van der Waals surface area contributed by atoms with E-state index >= 15 is 0 Å². The standard InChI is InChI=1S/C45H29NO/c47-45-39-23-13-10-20-35(39)40-28-33(25-27-42(40)46(45)34-18-8-3-9-19-34)32-24-26-38-41(29-32)44(31-16-6-2-7-17-31)37-22-12-11-21-36(37)43(38)30-14-4-1-5-15-30/h1-29H. The molecule has 0 spiro atoms. The van der Waals surface area contributed by atoms with Crippen LogP contribution >= 0.6 is 0 Å². The van der Waals surface area contributed by atoms with Crippen LogP contribution in [-0.4, -0.2) is 4.57 Å². The third kappa shape index (κ3) is 4.38. The van der Waals surface area contributed by atoms with Gasteiger partial charge in [0.15, 0.2) is 0 Å². The summed E-state index contributed by atoms with van der Waals surface area (Å²) < 4.78 is 1.84. The Kier molecular flexibility index (Phi) is 6.33. The van der Waals surface area contributed by atoms with Crippen LogP contribution in [0.1, 0.15) is 0 Å². The van der Waals surface area contributed by atoms with E-state index in [1.54, 1.807) is 0 Å². The average molecular weight is 600 g/mol. The number of nitrogens with zero attached hydrogens (tertiary/aromatic N) is 1. The molecule has 0 fully saturated rings. The van der Waals surface area contributed by atoms with Crippen molar-refractivity contribution in [2.45, 2.75) is 0 Å². The van der Waals surface area contributed by atoms with Gasteiger partial charge >= 0.3 is 0 Å². The highest BCUT2D eigenvalue weighted by molar-refractivity contribution is 6.22. The molecule has 0 saturated carbocycles. The van der Waals surface area contributed by atoms with Gasteiger partial charge in [0.25, 0.3) is 5.56 Å². The first-order valence-electron chi connectivity index (χ1n) is 16.0. The number of para-hydroxylation sites is 1. The van der Waals surface area contributed by atoms with Crippen molar-refractivity contribution in [3.05, 3.63) is 186 Å². The van der Waals surface area contributed by atoms with E-state index in [2.05, 4.69) is 127 Å². The zero-order valence-corrected chi connectivity index (χ0v) is 25.6. The molecule has 0 unspecified atom stereocenters. The van der Waals surface area contributed by atoms with Crippen LogP contribution in [0.2, 0.25) is 0 Å². The van der Waals surface area contributed by atoms with Gasteiger partial charge in [0.2, 0.25) is 0 Å². The largest absolute Gasteiger partial charge is 0.276 e. The van der Waals surface area contributed by atoms with E-state index in [4.69, 9.17) is 0 Å². The molecular weight excluding hydrogens is 571 g/mol. The second kappa shape index (κ2) is 11.0. The topological polar surface area (TPSA) is 22.0 Å². The molecule has 0 atom stereocenters. The molecule has 2 heteroatoms. The molecule has 0 aliphatic rings. The Labute approximate surface area is 272 Å². The smallest absolute Gasteiger partial charge is 0.263 e. The van der Waals surface area contributed by atoms with E-state index in [1.165, 1.54) is 43.8 Å². The zero-order chi connectivity index (χ0) is 31.3. The summed E-state index contributed by atoms with van der Waals surface area (Å²) in [5.41, 5.74) is 8.88. The maximum Gasteiger partial charge on any atom is 0.263 e. The number of hydrogen-bond acceptors (Lipinski definition) is 1. The molecule has 47 heavy (non-hydrogen) atoms. The second-order valence-corrected chi connectivity index (χ2v) is 12.0. The van der Waals surface area contributed by atoms with E-state index in [1.807, 2.05) is 53.1 Å². The molecular formula is C45H29NO. The summed E-state index contributed by atoms with van der Waals surface area (Å²) in [6.45, 7) is 0. The molecule has 9 rings (SSSR count). The number of benzene rings is 8. The monoisotopic (exact) mass is 599 g/mol. The lowest BCUT2D eigenvalue weighted by atomic mass is 9.85. The summed E-state index contributed by atoms with van der Waals surface area (Å²) in [4.78, 5) is 13.8. The first-order valence-corrected chi connectivity index (χ1v) is 16.0. The summed E-state index contributed by atoms with van der Waals surface area (Å²) in [6, 6.07) is 61.5. The predicted octanol–water partition coefficient (Wildman–Crippen LogP) is 11.5. The summed E-state index contributed by atoms with van der Waals surface area (Å²) in [7, 11) is 0. The van der Waals surface area contributed by atoms with Crippen molar-refractivity contribution >= 4 is 43.2 Å². The minimum absolute atomic E-state index is 0.00872. The highest BCUT2D eigenvalue weighted by atomic mass is 16.1. The van der Waals surface area contributed by atoms with Crippen LogP contribution in [0.25, 0.3) is 82.3 Å². The SMILES string of the molecule is O=c1c2ccccc2c2cc(-c3ccc4c(-c5ccccc5)c5ccccc5c(-c5ccccc5)c4c3)ccc2n1-c1ccccc1. The van der Waals surface area contributed by atoms with Crippen LogP contribution in [0.4, 0.5) is 0 Å². The van der Waals surface area contributed by atoms with Crippen molar-refractivity contribution in [2.24, 2.45) is 0 Å². The highest BCUT2D eigenvalue weighted by Gasteiger charge is 2.18. The Balaban J connectivity index is 1.36. The van der Waals surface area contributed by atoms with Gasteiger partial charge in [-0.1, -0.05) is 140 Å². The van der Waals surface area contributed by atoms with Crippen molar-refractivity contribution in [2.75, 3.05) is 0 Å². The van der Waals surface area contributed by atoms with E-state index in [0.717, 1.165) is 33.1 Å². The van der Waals surface area contributed by atoms with Crippen LogP contribution in [0, 0.1) is 0 Å². The van der Waals surface area contributed by atoms with Gasteiger partial charge in [-0.2, -0.15) is 0 Å². The fourth-order valence-corrected chi connectivity index (χ4v) is 7.28. The lowest BCUT2D eigenvalue weighted by Gasteiger charge is -2.19. The molecule has 1 aromatic heterocycles. The molecule has 0 amide bonds. The van der Waals surface area contributed by atoms with Gasteiger partial charge < -0.3 is 0 Å². The van der Waals surface area contributed by atoms with Gasteiger partial charge in [0.1, 0.15) is 0 Å². The Bertz CT molecular complexity index is 2670. The lowest BCUT2D eigenvalue weighted by molar-refractivity contribution is 1.06. The molecule has 0 aliphatic carbocycles. The van der Waals surface area contributed by atoms with Gasteiger partial charge in [-0.15, -0.1) is 0 Å². The van der Waals surface area contributed by atoms with Gasteiger partial charge in [-0.25, -0.2) is 0 Å². The molecule has 220 valence electrons. The van der Waals surface area contributed by atoms with Crippen LogP contribution in [0.5, 0.6) is 0 Å². The minimum atomic E-state index is -0.00872. The third-order valence-corrected chi connectivity index (χ3v) is 9.38. The van der Waals surface area contributed by atoms with Crippen LogP contribution in [-0.2, 0) is 0 Å². The maximum absolute atomic E-state index is 13.8. The maximum atomic E-state index is 13.8. The molecule has 0 radical (unpaired) electrons. The summed E-state index contributed by atoms with van der Waals surface area (Å²) in [6.07, 6.45) is 0. The Morgan fingerprint density at radius 1 is 0.319 bits per heavy atom. The number of rotatable bonds is 4. The lowest BCUT2D eigenvalue weighted by Crippen LogP contribution is -2.19. The molecule has 0 N–H and O–H groups in total. The van der Waals surface area contributed by atoms with Gasteiger partial charge in [0.05, 0.1) is 5.52 Å². The van der Waals surface area contributed by atoms with Crippen LogP contribution in [0.3, 0.4) is 0 Å². The Morgan fingerprint density at radius 2 is 0.766 bits per heavy atom. The molecule has 0 saturated heterocycles. The number of hydrogen-bond donors (Lipinski definition) is 0. The minimum Gasteiger partial charge on any atom is -0.276 e. The van der Waals surface area contributed by atoms with Gasteiger partial charge in [0, 0.05) is 16.5 Å². The van der Waals surface area contributed by atoms with Crippen molar-refractivity contribution in [3.63, 3.8) is 0 Å². The van der Waals surface area contributed by atoms with Crippen LogP contribution < -0.4 is 5.56 Å².